The molecule has 2 aromatic carbocycles. The Hall–Kier alpha value is -2.92. The monoisotopic (exact) mass is 307 g/mol. The molecule has 0 atom stereocenters. The minimum Gasteiger partial charge on any atom is -0.506 e. The summed E-state index contributed by atoms with van der Waals surface area (Å²) in [6.07, 6.45) is 1.65. The Morgan fingerprint density at radius 1 is 1.04 bits per heavy atom. The van der Waals surface area contributed by atoms with Crippen molar-refractivity contribution in [3.63, 3.8) is 0 Å². The predicted octanol–water partition coefficient (Wildman–Crippen LogP) is 2.67. The highest BCUT2D eigenvalue weighted by Gasteiger charge is 2.07. The summed E-state index contributed by atoms with van der Waals surface area (Å²) >= 11 is 0. The lowest BCUT2D eigenvalue weighted by atomic mass is 10.1. The first-order valence-electron chi connectivity index (χ1n) is 7.35. The molecule has 0 saturated heterocycles. The summed E-state index contributed by atoms with van der Waals surface area (Å²) in [4.78, 5) is 16.1. The molecule has 1 amide bonds. The van der Waals surface area contributed by atoms with Crippen LogP contribution in [0.5, 0.6) is 5.75 Å². The van der Waals surface area contributed by atoms with Gasteiger partial charge in [-0.15, -0.1) is 0 Å². The third-order valence-corrected chi connectivity index (χ3v) is 3.50. The fraction of sp³-hybridized carbons (Fsp3) is 0.111. The zero-order chi connectivity index (χ0) is 16.1. The van der Waals surface area contributed by atoms with Crippen LogP contribution in [-0.4, -0.2) is 22.5 Å². The van der Waals surface area contributed by atoms with Crippen molar-refractivity contribution in [3.8, 4) is 5.75 Å². The standard InChI is InChI=1S/C18H17N3O2/c22-16-9-8-13(15-7-4-10-20-18(15)16)11-19-12-17(23)21-14-5-2-1-3-6-14/h1-10,19,22H,11-12H2,(H,21,23). The van der Waals surface area contributed by atoms with Gasteiger partial charge < -0.3 is 15.7 Å². The Balaban J connectivity index is 1.61. The molecule has 0 saturated carbocycles. The summed E-state index contributed by atoms with van der Waals surface area (Å²) in [5.74, 6) is 0.0589. The molecule has 0 aliphatic carbocycles. The van der Waals surface area contributed by atoms with Crippen LogP contribution in [0.1, 0.15) is 5.56 Å². The van der Waals surface area contributed by atoms with Crippen molar-refractivity contribution < 1.29 is 9.90 Å². The molecular weight excluding hydrogens is 290 g/mol. The number of fused-ring (bicyclic) bond motifs is 1. The molecule has 3 rings (SSSR count). The summed E-state index contributed by atoms with van der Waals surface area (Å²) in [5, 5.41) is 16.6. The maximum Gasteiger partial charge on any atom is 0.238 e. The SMILES string of the molecule is O=C(CNCc1ccc(O)c2ncccc12)Nc1ccccc1. The molecule has 5 heteroatoms. The van der Waals surface area contributed by atoms with Gasteiger partial charge in [0.15, 0.2) is 0 Å². The normalized spacial score (nSPS) is 10.6. The number of pyridine rings is 1. The molecule has 0 aliphatic rings. The molecule has 1 aromatic heterocycles. The average Bonchev–Trinajstić information content (AvgIpc) is 2.58. The molecule has 0 bridgehead atoms. The highest BCUT2D eigenvalue weighted by atomic mass is 16.3. The van der Waals surface area contributed by atoms with E-state index in [2.05, 4.69) is 15.6 Å². The molecule has 1 heterocycles. The fourth-order valence-corrected chi connectivity index (χ4v) is 2.41. The van der Waals surface area contributed by atoms with Crippen LogP contribution in [0, 0.1) is 0 Å². The highest BCUT2D eigenvalue weighted by Crippen LogP contribution is 2.25. The quantitative estimate of drug-likeness (QED) is 0.677. The Morgan fingerprint density at radius 2 is 1.87 bits per heavy atom. The van der Waals surface area contributed by atoms with Crippen LogP contribution in [-0.2, 0) is 11.3 Å². The van der Waals surface area contributed by atoms with Crippen LogP contribution in [0.15, 0.2) is 60.8 Å². The van der Waals surface area contributed by atoms with Crippen molar-refractivity contribution in [2.45, 2.75) is 6.54 Å². The molecule has 0 fully saturated rings. The van der Waals surface area contributed by atoms with Gasteiger partial charge in [0.05, 0.1) is 6.54 Å². The maximum absolute atomic E-state index is 11.9. The largest absolute Gasteiger partial charge is 0.506 e. The van der Waals surface area contributed by atoms with Gasteiger partial charge in [-0.3, -0.25) is 9.78 Å². The van der Waals surface area contributed by atoms with E-state index in [-0.39, 0.29) is 18.2 Å². The number of phenols is 1. The minimum atomic E-state index is -0.0996. The van der Waals surface area contributed by atoms with Crippen LogP contribution in [0.4, 0.5) is 5.69 Å². The Labute approximate surface area is 134 Å². The smallest absolute Gasteiger partial charge is 0.238 e. The van der Waals surface area contributed by atoms with Gasteiger partial charge in [0, 0.05) is 23.8 Å². The van der Waals surface area contributed by atoms with Gasteiger partial charge in [-0.2, -0.15) is 0 Å². The molecule has 3 aromatic rings. The van der Waals surface area contributed by atoms with Crippen LogP contribution in [0.3, 0.4) is 0 Å². The Morgan fingerprint density at radius 3 is 2.70 bits per heavy atom. The van der Waals surface area contributed by atoms with Crippen LogP contribution in [0.2, 0.25) is 0 Å². The van der Waals surface area contributed by atoms with Gasteiger partial charge in [-0.25, -0.2) is 0 Å². The lowest BCUT2D eigenvalue weighted by Gasteiger charge is -2.09. The van der Waals surface area contributed by atoms with Gasteiger partial charge in [0.25, 0.3) is 0 Å². The van der Waals surface area contributed by atoms with Gasteiger partial charge in [0.1, 0.15) is 11.3 Å². The van der Waals surface area contributed by atoms with Crippen molar-refractivity contribution >= 4 is 22.5 Å². The molecule has 0 aliphatic heterocycles. The van der Waals surface area contributed by atoms with Crippen molar-refractivity contribution in [2.75, 3.05) is 11.9 Å². The van der Waals surface area contributed by atoms with Gasteiger partial charge in [-0.1, -0.05) is 30.3 Å². The molecule has 0 spiro atoms. The maximum atomic E-state index is 11.9. The molecule has 0 radical (unpaired) electrons. The molecule has 116 valence electrons. The van der Waals surface area contributed by atoms with Gasteiger partial charge in [-0.05, 0) is 29.8 Å². The van der Waals surface area contributed by atoms with E-state index in [0.29, 0.717) is 12.1 Å². The first-order valence-corrected chi connectivity index (χ1v) is 7.35. The van der Waals surface area contributed by atoms with Crippen molar-refractivity contribution in [1.82, 2.24) is 10.3 Å². The topological polar surface area (TPSA) is 74.2 Å². The molecule has 23 heavy (non-hydrogen) atoms. The number of carbonyl (C=O) groups is 1. The summed E-state index contributed by atoms with van der Waals surface area (Å²) in [6, 6.07) is 16.5. The van der Waals surface area contributed by atoms with Gasteiger partial charge in [0.2, 0.25) is 5.91 Å². The molecule has 3 N–H and O–H groups in total. The average molecular weight is 307 g/mol. The first-order chi connectivity index (χ1) is 11.2. The second-order valence-electron chi connectivity index (χ2n) is 5.16. The Kier molecular flexibility index (Phi) is 4.49. The molecule has 5 nitrogen and oxygen atoms in total. The minimum absolute atomic E-state index is 0.0996. The number of amides is 1. The number of rotatable bonds is 5. The predicted molar refractivity (Wildman–Crippen MR) is 90.2 cm³/mol. The van der Waals surface area contributed by atoms with Crippen LogP contribution in [0.25, 0.3) is 10.9 Å². The zero-order valence-corrected chi connectivity index (χ0v) is 12.5. The van der Waals surface area contributed by atoms with Crippen molar-refractivity contribution in [3.05, 3.63) is 66.4 Å². The molecular formula is C18H17N3O2. The zero-order valence-electron chi connectivity index (χ0n) is 12.5. The van der Waals surface area contributed by atoms with Crippen molar-refractivity contribution in [1.29, 1.82) is 0 Å². The highest BCUT2D eigenvalue weighted by molar-refractivity contribution is 5.92. The number of anilines is 1. The number of carbonyl (C=O) groups excluding carboxylic acids is 1. The van der Waals surface area contributed by atoms with E-state index in [0.717, 1.165) is 16.6 Å². The second-order valence-corrected chi connectivity index (χ2v) is 5.16. The Bertz CT molecular complexity index is 819. The third-order valence-electron chi connectivity index (χ3n) is 3.50. The van der Waals surface area contributed by atoms with E-state index in [4.69, 9.17) is 0 Å². The number of nitrogens with one attached hydrogen (secondary N) is 2. The number of hydrogen-bond acceptors (Lipinski definition) is 4. The number of benzene rings is 2. The number of aromatic hydroxyl groups is 1. The third kappa shape index (κ3) is 3.64. The van der Waals surface area contributed by atoms with Crippen LogP contribution < -0.4 is 10.6 Å². The second kappa shape index (κ2) is 6.89. The lowest BCUT2D eigenvalue weighted by Crippen LogP contribution is -2.27. The fourth-order valence-electron chi connectivity index (χ4n) is 2.41. The van der Waals surface area contributed by atoms with E-state index >= 15 is 0 Å². The summed E-state index contributed by atoms with van der Waals surface area (Å²) in [7, 11) is 0. The number of phenolic OH excluding ortho intramolecular Hbond substituents is 1. The first kappa shape index (κ1) is 15.0. The van der Waals surface area contributed by atoms with E-state index in [1.165, 1.54) is 0 Å². The summed E-state index contributed by atoms with van der Waals surface area (Å²) in [5.41, 5.74) is 2.33. The van der Waals surface area contributed by atoms with E-state index in [1.54, 1.807) is 12.3 Å². The van der Waals surface area contributed by atoms with Gasteiger partial charge >= 0.3 is 0 Å². The molecule has 0 unspecified atom stereocenters. The van der Waals surface area contributed by atoms with Crippen molar-refractivity contribution in [2.24, 2.45) is 0 Å². The number of aromatic nitrogens is 1. The van der Waals surface area contributed by atoms with Crippen LogP contribution >= 0.6 is 0 Å². The summed E-state index contributed by atoms with van der Waals surface area (Å²) in [6.45, 7) is 0.724. The number of para-hydroxylation sites is 1. The number of nitrogens with zero attached hydrogens (tertiary/aromatic N) is 1. The lowest BCUT2D eigenvalue weighted by molar-refractivity contribution is -0.115. The summed E-state index contributed by atoms with van der Waals surface area (Å²) < 4.78 is 0. The number of hydrogen-bond donors (Lipinski definition) is 3. The van der Waals surface area contributed by atoms with E-state index in [9.17, 15) is 9.90 Å². The van der Waals surface area contributed by atoms with E-state index < -0.39 is 0 Å². The van der Waals surface area contributed by atoms with E-state index in [1.807, 2.05) is 48.5 Å².